The van der Waals surface area contributed by atoms with Crippen molar-refractivity contribution in [1.82, 2.24) is 9.97 Å². The molecular weight excluding hydrogens is 637 g/mol. The molecule has 180 valence electrons. The monoisotopic (exact) mass is 663 g/mol. The zero-order valence-electron chi connectivity index (χ0n) is 22.8. The van der Waals surface area contributed by atoms with Crippen molar-refractivity contribution in [3.8, 4) is 11.3 Å². The van der Waals surface area contributed by atoms with Gasteiger partial charge < -0.3 is 9.40 Å². The summed E-state index contributed by atoms with van der Waals surface area (Å²) in [6.07, 6.45) is 7.06. The minimum Gasteiger partial charge on any atom is -0.505 e. The molecule has 0 aliphatic carbocycles. The Morgan fingerprint density at radius 2 is 1.81 bits per heavy atom. The third-order valence-electron chi connectivity index (χ3n) is 6.09. The van der Waals surface area contributed by atoms with E-state index in [9.17, 15) is 0 Å². The average molecular weight is 663 g/mol. The van der Waals surface area contributed by atoms with Gasteiger partial charge in [-0.05, 0) is 49.8 Å². The largest absolute Gasteiger partial charge is 3.00 e. The van der Waals surface area contributed by atoms with Gasteiger partial charge in [0, 0.05) is 21.4 Å². The molecule has 1 unspecified atom stereocenters. The van der Waals surface area contributed by atoms with Gasteiger partial charge in [-0.25, -0.2) is 14.1 Å². The summed E-state index contributed by atoms with van der Waals surface area (Å²) in [5, 5.41) is 1.66. The molecule has 0 bridgehead atoms. The molecular formula is C31H23IrN4O+2. The Morgan fingerprint density at radius 3 is 2.59 bits per heavy atom. The Hall–Kier alpha value is -3.99. The Balaban J connectivity index is 0.000000209. The standard InChI is InChI=1S/C20H15N3O.C11H8N.Ir/c1-13-9-10-16-15-6-5-8-18(19(15)24-20(16)21-13)23-12-22-11-4-3-7-17(22)14(23)2;1-2-6-10(7-3-1)11-8-4-5-9-12-11;/h3-7,9-11,14H,1-2H3;1-6,8-9H;/q;-1;+3/i1D3;;. The smallest absolute Gasteiger partial charge is 0.505 e. The van der Waals surface area contributed by atoms with Crippen molar-refractivity contribution < 1.29 is 37.8 Å². The van der Waals surface area contributed by atoms with Crippen LogP contribution >= 0.6 is 0 Å². The fourth-order valence-electron chi connectivity index (χ4n) is 4.33. The van der Waals surface area contributed by atoms with Gasteiger partial charge in [0.2, 0.25) is 5.71 Å². The van der Waals surface area contributed by atoms with Gasteiger partial charge in [-0.1, -0.05) is 23.6 Å². The minimum atomic E-state index is -2.27. The molecule has 5 nitrogen and oxygen atoms in total. The molecule has 5 heterocycles. The van der Waals surface area contributed by atoms with Crippen LogP contribution in [0.1, 0.15) is 28.5 Å². The third kappa shape index (κ3) is 4.74. The summed E-state index contributed by atoms with van der Waals surface area (Å²) in [6, 6.07) is 33.2. The Morgan fingerprint density at radius 1 is 0.919 bits per heavy atom. The first kappa shape index (κ1) is 21.1. The molecule has 0 amide bonds. The summed E-state index contributed by atoms with van der Waals surface area (Å²) in [5.74, 6) is 0. The zero-order chi connectivity index (χ0) is 27.0. The molecule has 37 heavy (non-hydrogen) atoms. The number of pyridine rings is 3. The van der Waals surface area contributed by atoms with Crippen molar-refractivity contribution in [2.75, 3.05) is 0 Å². The summed E-state index contributed by atoms with van der Waals surface area (Å²) in [7, 11) is 0. The summed E-state index contributed by atoms with van der Waals surface area (Å²) >= 11 is 0. The molecule has 0 radical (unpaired) electrons. The summed E-state index contributed by atoms with van der Waals surface area (Å²) in [4.78, 5) is 8.44. The van der Waals surface area contributed by atoms with Crippen molar-refractivity contribution >= 4 is 34.1 Å². The summed E-state index contributed by atoms with van der Waals surface area (Å²) < 4.78 is 32.6. The van der Waals surface area contributed by atoms with Crippen LogP contribution in [-0.2, 0) is 20.1 Å². The second-order valence-electron chi connectivity index (χ2n) is 8.35. The molecule has 4 aromatic heterocycles. The number of furan rings is 1. The molecule has 0 saturated carbocycles. The van der Waals surface area contributed by atoms with E-state index in [1.54, 1.807) is 12.3 Å². The van der Waals surface area contributed by atoms with E-state index in [0.717, 1.165) is 33.4 Å². The number of hydrogen-bond acceptors (Lipinski definition) is 3. The van der Waals surface area contributed by atoms with Gasteiger partial charge in [0.15, 0.2) is 11.7 Å². The molecule has 0 N–H and O–H groups in total. The Bertz CT molecular complexity index is 1780. The Labute approximate surface area is 233 Å². The van der Waals surface area contributed by atoms with Gasteiger partial charge in [0.05, 0.1) is 11.3 Å². The number of aryl methyl sites for hydroxylation is 1. The second-order valence-corrected chi connectivity index (χ2v) is 8.35. The molecule has 1 aliphatic heterocycles. The first-order valence-corrected chi connectivity index (χ1v) is 11.6. The molecule has 7 rings (SSSR count). The minimum absolute atomic E-state index is 0. The van der Waals surface area contributed by atoms with Crippen molar-refractivity contribution in [2.24, 2.45) is 0 Å². The van der Waals surface area contributed by atoms with Crippen LogP contribution in [0.25, 0.3) is 33.3 Å². The summed E-state index contributed by atoms with van der Waals surface area (Å²) in [5.41, 5.74) is 4.83. The van der Waals surface area contributed by atoms with Gasteiger partial charge in [0.25, 0.3) is 0 Å². The van der Waals surface area contributed by atoms with Crippen molar-refractivity contribution in [3.63, 3.8) is 0 Å². The van der Waals surface area contributed by atoms with E-state index in [0.29, 0.717) is 11.3 Å². The summed E-state index contributed by atoms with van der Waals surface area (Å²) in [6.45, 7) is -0.183. The van der Waals surface area contributed by atoms with Gasteiger partial charge >= 0.3 is 26.4 Å². The van der Waals surface area contributed by atoms with Crippen LogP contribution in [0.4, 0.5) is 5.69 Å². The van der Waals surface area contributed by atoms with Crippen LogP contribution in [0.3, 0.4) is 0 Å². The first-order valence-electron chi connectivity index (χ1n) is 13.1. The molecule has 0 fully saturated rings. The van der Waals surface area contributed by atoms with Crippen LogP contribution in [0.2, 0.25) is 0 Å². The van der Waals surface area contributed by atoms with Gasteiger partial charge in [-0.2, -0.15) is 18.2 Å². The average Bonchev–Trinajstić information content (AvgIpc) is 3.51. The maximum absolute atomic E-state index is 7.56. The number of aromatic nitrogens is 3. The van der Waals surface area contributed by atoms with Crippen molar-refractivity contribution in [1.29, 1.82) is 0 Å². The topological polar surface area (TPSA) is 45.8 Å². The normalized spacial score (nSPS) is 15.4. The van der Waals surface area contributed by atoms with Crippen LogP contribution in [0, 0.1) is 19.0 Å². The molecule has 1 aliphatic rings. The fraction of sp³-hybridized carbons (Fsp3) is 0.0968. The number of hydrogen-bond donors (Lipinski definition) is 0. The number of rotatable bonds is 2. The number of benzene rings is 2. The van der Waals surface area contributed by atoms with E-state index in [1.165, 1.54) is 6.07 Å². The van der Waals surface area contributed by atoms with Crippen molar-refractivity contribution in [2.45, 2.75) is 19.8 Å². The second kappa shape index (κ2) is 10.6. The SMILES string of the molecule is [2H]C([2H])([2H])c1ccc2c(n1)oc1c([N+]3=[C-][n+]4ccccc4C3C)[c-]ccc12.[Ir+3].[c-]1ccccc1-c1ccccn1. The quantitative estimate of drug-likeness (QED) is 0.167. The molecule has 0 saturated heterocycles. The van der Waals surface area contributed by atoms with Gasteiger partial charge in [-0.15, -0.1) is 35.9 Å². The maximum atomic E-state index is 7.56. The van der Waals surface area contributed by atoms with E-state index >= 15 is 0 Å². The molecule has 6 heteroatoms. The van der Waals surface area contributed by atoms with E-state index in [1.807, 2.05) is 82.1 Å². The zero-order valence-corrected chi connectivity index (χ0v) is 22.2. The molecule has 1 atom stereocenters. The number of fused-ring (bicyclic) bond motifs is 4. The van der Waals surface area contributed by atoms with E-state index in [4.69, 9.17) is 8.53 Å². The van der Waals surface area contributed by atoms with E-state index in [-0.39, 0.29) is 31.8 Å². The van der Waals surface area contributed by atoms with Gasteiger partial charge in [-0.3, -0.25) is 0 Å². The maximum Gasteiger partial charge on any atom is 3.00 e. The molecule has 6 aromatic rings. The Kier molecular flexibility index (Phi) is 6.03. The third-order valence-corrected chi connectivity index (χ3v) is 6.09. The van der Waals surface area contributed by atoms with Crippen LogP contribution < -0.4 is 4.57 Å². The molecule has 2 aromatic carbocycles. The van der Waals surface area contributed by atoms with Crippen LogP contribution in [0.15, 0.2) is 102 Å². The number of nitrogens with zero attached hydrogens (tertiary/aromatic N) is 4. The van der Waals surface area contributed by atoms with E-state index < -0.39 is 6.85 Å². The van der Waals surface area contributed by atoms with Crippen LogP contribution in [0.5, 0.6) is 0 Å². The first-order chi connectivity index (χ1) is 18.9. The molecule has 0 spiro atoms. The fourth-order valence-corrected chi connectivity index (χ4v) is 4.33. The van der Waals surface area contributed by atoms with Gasteiger partial charge in [0.1, 0.15) is 6.20 Å². The predicted octanol–water partition coefficient (Wildman–Crippen LogP) is 6.10. The predicted molar refractivity (Wildman–Crippen MR) is 139 cm³/mol. The van der Waals surface area contributed by atoms with Crippen LogP contribution in [-0.4, -0.2) is 20.9 Å². The van der Waals surface area contributed by atoms with Crippen molar-refractivity contribution in [3.05, 3.63) is 121 Å². The van der Waals surface area contributed by atoms with E-state index in [2.05, 4.69) is 41.4 Å².